The lowest BCUT2D eigenvalue weighted by atomic mass is 9.64. The maximum absolute atomic E-state index is 12.9. The largest absolute Gasteiger partial charge is 0.391 e. The minimum atomic E-state index is -4.37. The lowest BCUT2D eigenvalue weighted by Gasteiger charge is -2.43. The second-order valence-corrected chi connectivity index (χ2v) is 6.86. The third kappa shape index (κ3) is 4.23. The number of rotatable bonds is 6. The first kappa shape index (κ1) is 21.5. The summed E-state index contributed by atoms with van der Waals surface area (Å²) in [7, 11) is 0. The van der Waals surface area contributed by atoms with Crippen LogP contribution < -0.4 is 5.73 Å². The van der Waals surface area contributed by atoms with Crippen molar-refractivity contribution in [2.75, 3.05) is 13.3 Å². The van der Waals surface area contributed by atoms with Crippen LogP contribution in [0.3, 0.4) is 0 Å². The van der Waals surface area contributed by atoms with Crippen LogP contribution in [0, 0.1) is 27.4 Å². The van der Waals surface area contributed by atoms with Gasteiger partial charge in [-0.05, 0) is 31.6 Å². The Morgan fingerprint density at radius 1 is 1.41 bits per heavy atom. The van der Waals surface area contributed by atoms with Crippen LogP contribution in [0.15, 0.2) is 16.8 Å². The smallest absolute Gasteiger partial charge is 0.369 e. The number of nitrogens with zero attached hydrogens (tertiary/aromatic N) is 2. The van der Waals surface area contributed by atoms with Crippen LogP contribution >= 0.6 is 11.6 Å². The number of ether oxygens (including phenoxy) is 1. The summed E-state index contributed by atoms with van der Waals surface area (Å²) in [6.07, 6.45) is -5.59. The van der Waals surface area contributed by atoms with Crippen molar-refractivity contribution in [3.05, 3.63) is 21.9 Å². The zero-order valence-electron chi connectivity index (χ0n) is 14.0. The first-order valence-electron chi connectivity index (χ1n) is 8.19. The van der Waals surface area contributed by atoms with Gasteiger partial charge in [0, 0.05) is 6.08 Å². The van der Waals surface area contributed by atoms with Gasteiger partial charge in [-0.25, -0.2) is 9.38 Å². The monoisotopic (exact) mass is 415 g/mol. The van der Waals surface area contributed by atoms with Crippen LogP contribution in [0.5, 0.6) is 0 Å². The quantitative estimate of drug-likeness (QED) is 0.408. The molecule has 1 aliphatic carbocycles. The fourth-order valence-corrected chi connectivity index (χ4v) is 3.92. The van der Waals surface area contributed by atoms with Crippen molar-refractivity contribution in [2.24, 2.45) is 28.0 Å². The number of carbonyl (C=O) groups excluding carboxylic acids is 1. The van der Waals surface area contributed by atoms with E-state index in [4.69, 9.17) is 22.1 Å². The van der Waals surface area contributed by atoms with E-state index in [0.29, 0.717) is 0 Å². The molecule has 152 valence electrons. The Labute approximate surface area is 156 Å². The number of alkyl halides is 4. The van der Waals surface area contributed by atoms with Crippen molar-refractivity contribution < 1.29 is 32.0 Å². The number of nitrogens with two attached hydrogens (primary N) is 1. The van der Waals surface area contributed by atoms with E-state index < -0.39 is 64.6 Å². The van der Waals surface area contributed by atoms with Gasteiger partial charge >= 0.3 is 11.9 Å². The number of aliphatic imine (C=N–C) groups is 1. The average molecular weight is 416 g/mol. The van der Waals surface area contributed by atoms with Crippen LogP contribution in [0.25, 0.3) is 0 Å². The van der Waals surface area contributed by atoms with Gasteiger partial charge in [0.25, 0.3) is 0 Å². The van der Waals surface area contributed by atoms with Crippen LogP contribution in [0.4, 0.5) is 17.6 Å². The molecule has 7 nitrogen and oxygen atoms in total. The molecule has 2 atom stereocenters. The molecule has 1 fully saturated rings. The summed E-state index contributed by atoms with van der Waals surface area (Å²) in [5, 5.41) is 10.7. The highest BCUT2D eigenvalue weighted by atomic mass is 35.5. The first-order valence-corrected chi connectivity index (χ1v) is 8.57. The number of nitro groups is 1. The van der Waals surface area contributed by atoms with Crippen molar-refractivity contribution in [3.8, 4) is 0 Å². The molecule has 0 aromatic heterocycles. The highest BCUT2D eigenvalue weighted by Gasteiger charge is 2.56. The average Bonchev–Trinajstić information content (AvgIpc) is 2.59. The van der Waals surface area contributed by atoms with E-state index in [9.17, 15) is 32.5 Å². The molecule has 27 heavy (non-hydrogen) atoms. The zero-order valence-corrected chi connectivity index (χ0v) is 14.8. The van der Waals surface area contributed by atoms with Gasteiger partial charge in [-0.15, -0.1) is 0 Å². The van der Waals surface area contributed by atoms with Crippen molar-refractivity contribution in [2.45, 2.75) is 38.1 Å². The topological polar surface area (TPSA) is 108 Å². The van der Waals surface area contributed by atoms with E-state index >= 15 is 0 Å². The molecular formula is C15H18ClF4N3O4. The number of primary amides is 1. The highest BCUT2D eigenvalue weighted by Crippen LogP contribution is 2.50. The molecule has 12 heteroatoms. The van der Waals surface area contributed by atoms with Gasteiger partial charge in [-0.1, -0.05) is 11.6 Å². The molecule has 2 rings (SSSR count). The van der Waals surface area contributed by atoms with Gasteiger partial charge in [0.05, 0.1) is 17.4 Å². The number of dihydropyridines is 1. The van der Waals surface area contributed by atoms with Crippen LogP contribution in [0.1, 0.15) is 25.7 Å². The predicted molar refractivity (Wildman–Crippen MR) is 87.2 cm³/mol. The lowest BCUT2D eigenvalue weighted by molar-refractivity contribution is -0.416. The van der Waals surface area contributed by atoms with E-state index in [-0.39, 0.29) is 25.7 Å². The Kier molecular flexibility index (Phi) is 6.46. The van der Waals surface area contributed by atoms with Gasteiger partial charge in [-0.2, -0.15) is 13.2 Å². The number of hydrogen-bond donors (Lipinski definition) is 1. The molecule has 1 heterocycles. The van der Waals surface area contributed by atoms with Gasteiger partial charge in [0.15, 0.2) is 6.23 Å². The number of amides is 1. The van der Waals surface area contributed by atoms with Gasteiger partial charge in [0.1, 0.15) is 12.1 Å². The maximum atomic E-state index is 12.9. The van der Waals surface area contributed by atoms with E-state index in [1.54, 1.807) is 0 Å². The molecule has 2 N–H and O–H groups in total. The summed E-state index contributed by atoms with van der Waals surface area (Å²) >= 11 is 5.77. The Bertz CT molecular complexity index is 662. The van der Waals surface area contributed by atoms with Crippen LogP contribution in [-0.2, 0) is 9.53 Å². The predicted octanol–water partition coefficient (Wildman–Crippen LogP) is 2.95. The standard InChI is InChI=1S/C15H18ClF4N3O4/c16-11-10(23(25)26)7-14(12(21)24,13(22-11)27-6-5-17)8-1-3-9(4-2-8)15(18,19)20/h7-9,13H,1-6H2,(H2,21,24). The van der Waals surface area contributed by atoms with Gasteiger partial charge in [-0.3, -0.25) is 14.9 Å². The maximum Gasteiger partial charge on any atom is 0.391 e. The molecule has 0 saturated heterocycles. The summed E-state index contributed by atoms with van der Waals surface area (Å²) in [6, 6.07) is 0. The second kappa shape index (κ2) is 8.09. The fourth-order valence-electron chi connectivity index (χ4n) is 3.70. The third-order valence-electron chi connectivity index (χ3n) is 5.07. The summed E-state index contributed by atoms with van der Waals surface area (Å²) in [5.41, 5.74) is 2.94. The fraction of sp³-hybridized carbons (Fsp3) is 0.733. The van der Waals surface area contributed by atoms with Crippen molar-refractivity contribution in [1.82, 2.24) is 0 Å². The molecule has 0 spiro atoms. The molecule has 0 bridgehead atoms. The van der Waals surface area contributed by atoms with Crippen molar-refractivity contribution in [1.29, 1.82) is 0 Å². The SMILES string of the molecule is NC(=O)C1(C2CCC(C(F)(F)F)CC2)C=C([N+](=O)[O-])C(Cl)=NC1OCCF. The number of allylic oxidation sites excluding steroid dienone is 1. The number of hydrogen-bond acceptors (Lipinski definition) is 5. The normalized spacial score (nSPS) is 31.8. The zero-order chi connectivity index (χ0) is 20.4. The molecule has 0 radical (unpaired) electrons. The summed E-state index contributed by atoms with van der Waals surface area (Å²) < 4.78 is 56.6. The summed E-state index contributed by atoms with van der Waals surface area (Å²) in [5.74, 6) is -3.37. The van der Waals surface area contributed by atoms with E-state index in [2.05, 4.69) is 4.99 Å². The van der Waals surface area contributed by atoms with E-state index in [0.717, 1.165) is 6.08 Å². The minimum absolute atomic E-state index is 0.0722. The molecule has 1 aliphatic heterocycles. The van der Waals surface area contributed by atoms with E-state index in [1.165, 1.54) is 0 Å². The first-order chi connectivity index (χ1) is 12.5. The Balaban J connectivity index is 2.42. The molecular weight excluding hydrogens is 398 g/mol. The number of halogens is 5. The van der Waals surface area contributed by atoms with Gasteiger partial charge < -0.3 is 10.5 Å². The Hall–Kier alpha value is -1.75. The molecule has 2 unspecified atom stereocenters. The number of carbonyl (C=O) groups is 1. The highest BCUT2D eigenvalue weighted by molar-refractivity contribution is 6.69. The molecule has 1 amide bonds. The van der Waals surface area contributed by atoms with Crippen LogP contribution in [-0.4, -0.2) is 41.7 Å². The molecule has 0 aromatic rings. The molecule has 0 aromatic carbocycles. The van der Waals surface area contributed by atoms with Crippen molar-refractivity contribution >= 4 is 22.7 Å². The Morgan fingerprint density at radius 3 is 2.44 bits per heavy atom. The van der Waals surface area contributed by atoms with Gasteiger partial charge in [0.2, 0.25) is 11.1 Å². The second-order valence-electron chi connectivity index (χ2n) is 6.51. The van der Waals surface area contributed by atoms with E-state index in [1.807, 2.05) is 0 Å². The third-order valence-corrected chi connectivity index (χ3v) is 5.36. The Morgan fingerprint density at radius 2 is 2.00 bits per heavy atom. The summed E-state index contributed by atoms with van der Waals surface area (Å²) in [6.45, 7) is -1.40. The minimum Gasteiger partial charge on any atom is -0.369 e. The molecule has 2 aliphatic rings. The van der Waals surface area contributed by atoms with Crippen LogP contribution in [0.2, 0.25) is 0 Å². The molecule has 1 saturated carbocycles. The summed E-state index contributed by atoms with van der Waals surface area (Å²) in [4.78, 5) is 26.5. The van der Waals surface area contributed by atoms with Crippen molar-refractivity contribution in [3.63, 3.8) is 0 Å². The lowest BCUT2D eigenvalue weighted by Crippen LogP contribution is -2.54.